The van der Waals surface area contributed by atoms with Crippen LogP contribution in [0.15, 0.2) is 0 Å². The van der Waals surface area contributed by atoms with E-state index in [1.165, 1.54) is 0 Å². The highest BCUT2D eigenvalue weighted by molar-refractivity contribution is 5.85. The average Bonchev–Trinajstić information content (AvgIpc) is 2.42. The topological polar surface area (TPSA) is 12.0 Å². The Morgan fingerprint density at radius 2 is 1.83 bits per heavy atom. The number of halogens is 4. The minimum atomic E-state index is -4.03. The van der Waals surface area contributed by atoms with Gasteiger partial charge in [-0.25, -0.2) is 0 Å². The molecule has 1 heterocycles. The molecule has 2 bridgehead atoms. The van der Waals surface area contributed by atoms with E-state index in [0.717, 1.165) is 19.3 Å². The second kappa shape index (κ2) is 3.07. The van der Waals surface area contributed by atoms with Crippen molar-refractivity contribution in [2.24, 2.45) is 5.92 Å². The number of rotatable bonds is 0. The molecular formula is C7H11ClF3N. The smallest absolute Gasteiger partial charge is 0.303 e. The summed E-state index contributed by atoms with van der Waals surface area (Å²) in [5, 5.41) is 2.61. The number of hydrogen-bond acceptors (Lipinski definition) is 1. The van der Waals surface area contributed by atoms with E-state index in [1.54, 1.807) is 0 Å². The Balaban J connectivity index is 0.000000720. The number of alkyl halides is 3. The lowest BCUT2D eigenvalue weighted by atomic mass is 10.00. The molecule has 1 nitrogen and oxygen atoms in total. The molecule has 2 fully saturated rings. The number of piperidine rings is 1. The Kier molecular flexibility index (Phi) is 2.59. The molecule has 0 spiro atoms. The van der Waals surface area contributed by atoms with Crippen molar-refractivity contribution in [2.75, 3.05) is 0 Å². The monoisotopic (exact) mass is 201 g/mol. The van der Waals surface area contributed by atoms with Gasteiger partial charge in [-0.3, -0.25) is 0 Å². The fraction of sp³-hybridized carbons (Fsp3) is 1.00. The fourth-order valence-electron chi connectivity index (χ4n) is 2.22. The first-order valence-electron chi connectivity index (χ1n) is 3.90. The largest absolute Gasteiger partial charge is 0.404 e. The zero-order valence-corrected chi connectivity index (χ0v) is 7.21. The minimum absolute atomic E-state index is 0. The third-order valence-electron chi connectivity index (χ3n) is 2.71. The first-order valence-corrected chi connectivity index (χ1v) is 3.90. The summed E-state index contributed by atoms with van der Waals surface area (Å²) < 4.78 is 36.5. The molecule has 1 N–H and O–H groups in total. The second-order valence-electron chi connectivity index (χ2n) is 3.46. The van der Waals surface area contributed by atoms with Gasteiger partial charge < -0.3 is 5.32 Å². The third-order valence-corrected chi connectivity index (χ3v) is 2.71. The van der Waals surface area contributed by atoms with E-state index in [2.05, 4.69) is 5.32 Å². The van der Waals surface area contributed by atoms with Gasteiger partial charge in [-0.1, -0.05) is 0 Å². The normalized spacial score (nSPS) is 39.8. The summed E-state index contributed by atoms with van der Waals surface area (Å²) in [6.07, 6.45) is -1.62. The second-order valence-corrected chi connectivity index (χ2v) is 3.46. The molecule has 0 aromatic carbocycles. The van der Waals surface area contributed by atoms with Crippen molar-refractivity contribution in [3.8, 4) is 0 Å². The number of fused-ring (bicyclic) bond motifs is 2. The van der Waals surface area contributed by atoms with Crippen LogP contribution in [0.1, 0.15) is 19.3 Å². The maximum absolute atomic E-state index is 12.2. The molecule has 5 heteroatoms. The van der Waals surface area contributed by atoms with Gasteiger partial charge in [0.2, 0.25) is 0 Å². The van der Waals surface area contributed by atoms with Crippen molar-refractivity contribution in [2.45, 2.75) is 37.5 Å². The molecule has 12 heavy (non-hydrogen) atoms. The van der Waals surface area contributed by atoms with Crippen LogP contribution < -0.4 is 5.32 Å². The zero-order chi connectivity index (χ0) is 8.06. The van der Waals surface area contributed by atoms with Crippen molar-refractivity contribution in [3.05, 3.63) is 0 Å². The van der Waals surface area contributed by atoms with E-state index in [0.29, 0.717) is 0 Å². The first kappa shape index (κ1) is 10.1. The van der Waals surface area contributed by atoms with E-state index in [1.807, 2.05) is 0 Å². The van der Waals surface area contributed by atoms with Gasteiger partial charge >= 0.3 is 6.18 Å². The van der Waals surface area contributed by atoms with Crippen LogP contribution in [0.5, 0.6) is 0 Å². The minimum Gasteiger partial charge on any atom is -0.303 e. The van der Waals surface area contributed by atoms with Crippen molar-refractivity contribution in [1.82, 2.24) is 5.32 Å². The fourth-order valence-corrected chi connectivity index (χ4v) is 2.22. The standard InChI is InChI=1S/C7H10F3N.ClH/c8-7(9,10)6-4-1-2-5(3-4)11-6;/h4-6,11H,1-3H2;1H/t4-,5+,6-;/m0./s1. The highest BCUT2D eigenvalue weighted by Gasteiger charge is 2.52. The van der Waals surface area contributed by atoms with E-state index in [4.69, 9.17) is 0 Å². The van der Waals surface area contributed by atoms with E-state index >= 15 is 0 Å². The van der Waals surface area contributed by atoms with Crippen LogP contribution in [0, 0.1) is 5.92 Å². The molecule has 2 aliphatic rings. The summed E-state index contributed by atoms with van der Waals surface area (Å²) in [6, 6.07) is -1.06. The predicted molar refractivity (Wildman–Crippen MR) is 41.4 cm³/mol. The summed E-state index contributed by atoms with van der Waals surface area (Å²) in [5.74, 6) is -0.139. The summed E-state index contributed by atoms with van der Waals surface area (Å²) in [7, 11) is 0. The molecule has 3 atom stereocenters. The molecule has 72 valence electrons. The molecule has 0 aromatic rings. The molecule has 0 radical (unpaired) electrons. The summed E-state index contributed by atoms with van der Waals surface area (Å²) in [6.45, 7) is 0. The van der Waals surface area contributed by atoms with Crippen LogP contribution in [-0.4, -0.2) is 18.3 Å². The van der Waals surface area contributed by atoms with Crippen LogP contribution in [0.3, 0.4) is 0 Å². The average molecular weight is 202 g/mol. The van der Waals surface area contributed by atoms with Gasteiger partial charge in [-0.2, -0.15) is 13.2 Å². The number of hydrogen-bond donors (Lipinski definition) is 1. The third kappa shape index (κ3) is 1.55. The summed E-state index contributed by atoms with van der Waals surface area (Å²) in [4.78, 5) is 0. The zero-order valence-electron chi connectivity index (χ0n) is 6.40. The summed E-state index contributed by atoms with van der Waals surface area (Å²) in [5.41, 5.74) is 0. The highest BCUT2D eigenvalue weighted by Crippen LogP contribution is 2.41. The van der Waals surface area contributed by atoms with Gasteiger partial charge in [-0.15, -0.1) is 12.4 Å². The van der Waals surface area contributed by atoms with Gasteiger partial charge in [0.1, 0.15) is 6.04 Å². The van der Waals surface area contributed by atoms with Crippen molar-refractivity contribution in [1.29, 1.82) is 0 Å². The molecule has 2 rings (SSSR count). The predicted octanol–water partition coefficient (Wildman–Crippen LogP) is 2.11. The molecule has 1 aliphatic heterocycles. The molecule has 0 amide bonds. The Morgan fingerprint density at radius 3 is 2.08 bits per heavy atom. The lowest BCUT2D eigenvalue weighted by molar-refractivity contribution is -0.164. The first-order chi connectivity index (χ1) is 5.07. The lowest BCUT2D eigenvalue weighted by Gasteiger charge is -2.25. The van der Waals surface area contributed by atoms with Crippen LogP contribution >= 0.6 is 12.4 Å². The molecule has 0 aromatic heterocycles. The Labute approximate surface area is 75.1 Å². The molecule has 0 unspecified atom stereocenters. The lowest BCUT2D eigenvalue weighted by Crippen LogP contribution is -2.46. The van der Waals surface area contributed by atoms with Gasteiger partial charge in [0.25, 0.3) is 0 Å². The van der Waals surface area contributed by atoms with Crippen LogP contribution in [0.2, 0.25) is 0 Å². The molecule has 1 saturated carbocycles. The highest BCUT2D eigenvalue weighted by atomic mass is 35.5. The van der Waals surface area contributed by atoms with E-state index in [-0.39, 0.29) is 24.4 Å². The molecule has 1 aliphatic carbocycles. The summed E-state index contributed by atoms with van der Waals surface area (Å²) >= 11 is 0. The Hall–Kier alpha value is 0.0400. The van der Waals surface area contributed by atoms with Crippen molar-refractivity contribution < 1.29 is 13.2 Å². The van der Waals surface area contributed by atoms with Crippen LogP contribution in [-0.2, 0) is 0 Å². The van der Waals surface area contributed by atoms with Crippen LogP contribution in [0.4, 0.5) is 13.2 Å². The SMILES string of the molecule is Cl.FC(F)(F)[C@H]1N[C@@H]2CC[C@H]1C2. The maximum Gasteiger partial charge on any atom is 0.404 e. The van der Waals surface area contributed by atoms with Gasteiger partial charge in [-0.05, 0) is 25.2 Å². The van der Waals surface area contributed by atoms with Gasteiger partial charge in [0.05, 0.1) is 0 Å². The van der Waals surface area contributed by atoms with Gasteiger partial charge in [0.15, 0.2) is 0 Å². The van der Waals surface area contributed by atoms with Crippen LogP contribution in [0.25, 0.3) is 0 Å². The van der Waals surface area contributed by atoms with Crippen molar-refractivity contribution >= 4 is 12.4 Å². The van der Waals surface area contributed by atoms with Crippen molar-refractivity contribution in [3.63, 3.8) is 0 Å². The van der Waals surface area contributed by atoms with E-state index < -0.39 is 12.2 Å². The number of nitrogens with one attached hydrogen (secondary N) is 1. The molecule has 1 saturated heterocycles. The van der Waals surface area contributed by atoms with E-state index in [9.17, 15) is 13.2 Å². The quantitative estimate of drug-likeness (QED) is 0.633. The van der Waals surface area contributed by atoms with Gasteiger partial charge in [0, 0.05) is 6.04 Å². The maximum atomic E-state index is 12.2. The molecular weight excluding hydrogens is 191 g/mol. The Morgan fingerprint density at radius 1 is 1.17 bits per heavy atom. The Bertz CT molecular complexity index is 171.